The lowest BCUT2D eigenvalue weighted by Gasteiger charge is -2.09. The SMILES string of the molecule is CCCCc1nc2ccc(Br)cc2c(=O)n1N=Cc1ccc(OCC(N)=O)c(I)c1. The van der Waals surface area contributed by atoms with E-state index in [0.29, 0.717) is 28.9 Å². The molecule has 0 radical (unpaired) electrons. The highest BCUT2D eigenvalue weighted by Crippen LogP contribution is 2.21. The number of amides is 1. The molecule has 0 spiro atoms. The maximum Gasteiger partial charge on any atom is 0.282 e. The van der Waals surface area contributed by atoms with Crippen LogP contribution in [0.15, 0.2) is 50.8 Å². The van der Waals surface area contributed by atoms with Gasteiger partial charge in [-0.25, -0.2) is 4.98 Å². The van der Waals surface area contributed by atoms with E-state index in [9.17, 15) is 9.59 Å². The van der Waals surface area contributed by atoms with Gasteiger partial charge in [-0.3, -0.25) is 9.59 Å². The Labute approximate surface area is 195 Å². The maximum absolute atomic E-state index is 13.1. The second-order valence-corrected chi connectivity index (χ2v) is 8.68. The van der Waals surface area contributed by atoms with Gasteiger partial charge in [0.2, 0.25) is 0 Å². The molecule has 0 unspecified atom stereocenters. The summed E-state index contributed by atoms with van der Waals surface area (Å²) < 4.78 is 8.35. The number of nitrogens with zero attached hydrogens (tertiary/aromatic N) is 3. The van der Waals surface area contributed by atoms with Gasteiger partial charge in [0.25, 0.3) is 11.5 Å². The molecule has 1 amide bonds. The number of carbonyl (C=O) groups excluding carboxylic acids is 1. The monoisotopic (exact) mass is 582 g/mol. The minimum Gasteiger partial charge on any atom is -0.483 e. The Bertz CT molecular complexity index is 1180. The molecule has 1 heterocycles. The molecule has 0 aliphatic rings. The highest BCUT2D eigenvalue weighted by Gasteiger charge is 2.11. The van der Waals surface area contributed by atoms with Crippen molar-refractivity contribution >= 4 is 61.5 Å². The number of halogens is 2. The lowest BCUT2D eigenvalue weighted by molar-refractivity contribution is -0.119. The molecule has 3 rings (SSSR count). The van der Waals surface area contributed by atoms with Crippen molar-refractivity contribution in [3.05, 3.63) is 66.2 Å². The molecule has 0 fully saturated rings. The second kappa shape index (κ2) is 10.2. The van der Waals surface area contributed by atoms with Crippen LogP contribution >= 0.6 is 38.5 Å². The minimum atomic E-state index is -0.536. The molecule has 1 aromatic heterocycles. The molecule has 9 heteroatoms. The van der Waals surface area contributed by atoms with E-state index in [0.717, 1.165) is 26.4 Å². The molecule has 3 aromatic rings. The second-order valence-electron chi connectivity index (χ2n) is 6.60. The van der Waals surface area contributed by atoms with Gasteiger partial charge in [-0.2, -0.15) is 9.78 Å². The van der Waals surface area contributed by atoms with Crippen LogP contribution < -0.4 is 16.0 Å². The Kier molecular flexibility index (Phi) is 7.59. The van der Waals surface area contributed by atoms with Crippen LogP contribution in [0.25, 0.3) is 10.9 Å². The lowest BCUT2D eigenvalue weighted by atomic mass is 10.2. The molecule has 0 bridgehead atoms. The first-order valence-corrected chi connectivity index (χ1v) is 11.2. The fourth-order valence-electron chi connectivity index (χ4n) is 2.80. The van der Waals surface area contributed by atoms with Gasteiger partial charge in [-0.05, 0) is 71.0 Å². The topological polar surface area (TPSA) is 99.6 Å². The van der Waals surface area contributed by atoms with Crippen molar-refractivity contribution in [2.45, 2.75) is 26.2 Å². The standard InChI is InChI=1S/C21H20BrIN4O3/c1-2-3-4-20-26-17-7-6-14(22)10-15(17)21(29)27(20)25-11-13-5-8-18(16(23)9-13)30-12-19(24)28/h5-11H,2-4,12H2,1H3,(H2,24,28). The number of primary amides is 1. The fraction of sp³-hybridized carbons (Fsp3) is 0.238. The zero-order valence-electron chi connectivity index (χ0n) is 16.3. The summed E-state index contributed by atoms with van der Waals surface area (Å²) in [4.78, 5) is 28.6. The van der Waals surface area contributed by atoms with Crippen LogP contribution in [0.1, 0.15) is 31.2 Å². The van der Waals surface area contributed by atoms with Gasteiger partial charge in [0, 0.05) is 10.9 Å². The Morgan fingerprint density at radius 3 is 2.83 bits per heavy atom. The molecular weight excluding hydrogens is 563 g/mol. The summed E-state index contributed by atoms with van der Waals surface area (Å²) in [6.45, 7) is 1.91. The summed E-state index contributed by atoms with van der Waals surface area (Å²) in [6, 6.07) is 10.8. The fourth-order valence-corrected chi connectivity index (χ4v) is 3.85. The van der Waals surface area contributed by atoms with E-state index in [1.807, 2.05) is 18.2 Å². The van der Waals surface area contributed by atoms with Crippen LogP contribution in [0.4, 0.5) is 0 Å². The van der Waals surface area contributed by atoms with Gasteiger partial charge in [-0.15, -0.1) is 0 Å². The summed E-state index contributed by atoms with van der Waals surface area (Å²) in [5, 5.41) is 4.94. The van der Waals surface area contributed by atoms with Crippen molar-refractivity contribution in [2.24, 2.45) is 10.8 Å². The van der Waals surface area contributed by atoms with Gasteiger partial charge >= 0.3 is 0 Å². The van der Waals surface area contributed by atoms with E-state index in [1.165, 1.54) is 4.68 Å². The maximum atomic E-state index is 13.1. The van der Waals surface area contributed by atoms with E-state index in [4.69, 9.17) is 10.5 Å². The van der Waals surface area contributed by atoms with Crippen LogP contribution in [-0.2, 0) is 11.2 Å². The number of ether oxygens (including phenoxy) is 1. The van der Waals surface area contributed by atoms with Crippen LogP contribution in [0.5, 0.6) is 5.75 Å². The average Bonchev–Trinajstić information content (AvgIpc) is 2.71. The predicted octanol–water partition coefficient (Wildman–Crippen LogP) is 3.85. The van der Waals surface area contributed by atoms with E-state index in [-0.39, 0.29) is 12.2 Å². The summed E-state index contributed by atoms with van der Waals surface area (Å²) in [6.07, 6.45) is 4.17. The summed E-state index contributed by atoms with van der Waals surface area (Å²) in [5.74, 6) is 0.652. The molecule has 156 valence electrons. The summed E-state index contributed by atoms with van der Waals surface area (Å²) in [7, 11) is 0. The summed E-state index contributed by atoms with van der Waals surface area (Å²) in [5.41, 5.74) is 6.35. The number of nitrogens with two attached hydrogens (primary N) is 1. The van der Waals surface area contributed by atoms with Crippen molar-refractivity contribution in [1.29, 1.82) is 0 Å². The third-order valence-electron chi connectivity index (χ3n) is 4.28. The molecule has 2 aromatic carbocycles. The Balaban J connectivity index is 1.98. The third-order valence-corrected chi connectivity index (χ3v) is 5.61. The first kappa shape index (κ1) is 22.4. The van der Waals surface area contributed by atoms with E-state index in [2.05, 4.69) is 55.5 Å². The number of rotatable bonds is 8. The molecular formula is C21H20BrIN4O3. The Morgan fingerprint density at radius 2 is 2.13 bits per heavy atom. The Morgan fingerprint density at radius 1 is 1.33 bits per heavy atom. The van der Waals surface area contributed by atoms with E-state index < -0.39 is 5.91 Å². The average molecular weight is 583 g/mol. The van der Waals surface area contributed by atoms with Gasteiger partial charge in [0.05, 0.1) is 20.7 Å². The first-order valence-electron chi connectivity index (χ1n) is 9.35. The Hall–Kier alpha value is -2.27. The van der Waals surface area contributed by atoms with Crippen LogP contribution in [0, 0.1) is 3.57 Å². The number of hydrogen-bond acceptors (Lipinski definition) is 5. The van der Waals surface area contributed by atoms with Crippen LogP contribution in [0.3, 0.4) is 0 Å². The van der Waals surface area contributed by atoms with Crippen molar-refractivity contribution in [3.8, 4) is 5.75 Å². The molecule has 2 N–H and O–H groups in total. The van der Waals surface area contributed by atoms with Crippen molar-refractivity contribution in [2.75, 3.05) is 6.61 Å². The molecule has 30 heavy (non-hydrogen) atoms. The van der Waals surface area contributed by atoms with Crippen molar-refractivity contribution in [1.82, 2.24) is 9.66 Å². The van der Waals surface area contributed by atoms with Crippen molar-refractivity contribution < 1.29 is 9.53 Å². The largest absolute Gasteiger partial charge is 0.483 e. The third kappa shape index (κ3) is 5.45. The highest BCUT2D eigenvalue weighted by atomic mass is 127. The van der Waals surface area contributed by atoms with Crippen LogP contribution in [0.2, 0.25) is 0 Å². The zero-order valence-corrected chi connectivity index (χ0v) is 20.0. The van der Waals surface area contributed by atoms with Gasteiger partial charge in [-0.1, -0.05) is 29.3 Å². The van der Waals surface area contributed by atoms with Gasteiger partial charge in [0.1, 0.15) is 11.6 Å². The quantitative estimate of drug-likeness (QED) is 0.322. The number of fused-ring (bicyclic) bond motifs is 1. The minimum absolute atomic E-state index is 0.183. The smallest absolute Gasteiger partial charge is 0.282 e. The zero-order chi connectivity index (χ0) is 21.7. The normalized spacial score (nSPS) is 11.3. The van der Waals surface area contributed by atoms with Gasteiger partial charge in [0.15, 0.2) is 6.61 Å². The van der Waals surface area contributed by atoms with Gasteiger partial charge < -0.3 is 10.5 Å². The first-order chi connectivity index (χ1) is 14.4. The number of aryl methyl sites for hydroxylation is 1. The number of hydrogen-bond donors (Lipinski definition) is 1. The molecule has 0 aliphatic carbocycles. The predicted molar refractivity (Wildman–Crippen MR) is 129 cm³/mol. The van der Waals surface area contributed by atoms with E-state index in [1.54, 1.807) is 24.4 Å². The number of unbranched alkanes of at least 4 members (excludes halogenated alkanes) is 1. The number of benzene rings is 2. The van der Waals surface area contributed by atoms with Crippen molar-refractivity contribution in [3.63, 3.8) is 0 Å². The van der Waals surface area contributed by atoms with E-state index >= 15 is 0 Å². The molecule has 0 aliphatic heterocycles. The molecule has 0 atom stereocenters. The number of aromatic nitrogens is 2. The summed E-state index contributed by atoms with van der Waals surface area (Å²) >= 11 is 5.52. The highest BCUT2D eigenvalue weighted by molar-refractivity contribution is 14.1. The molecule has 0 saturated heterocycles. The molecule has 0 saturated carbocycles. The van der Waals surface area contributed by atoms with Crippen LogP contribution in [-0.4, -0.2) is 28.4 Å². The number of carbonyl (C=O) groups is 1. The lowest BCUT2D eigenvalue weighted by Crippen LogP contribution is -2.22. The molecule has 7 nitrogen and oxygen atoms in total.